The van der Waals surface area contributed by atoms with Crippen LogP contribution in [0.3, 0.4) is 0 Å². The zero-order valence-electron chi connectivity index (χ0n) is 10.7. The summed E-state index contributed by atoms with van der Waals surface area (Å²) in [6, 6.07) is 11.5. The molecular formula is C15H17FN2. The third-order valence-electron chi connectivity index (χ3n) is 3.05. The van der Waals surface area contributed by atoms with Crippen LogP contribution >= 0.6 is 0 Å². The molecule has 0 bridgehead atoms. The number of aryl methyl sites for hydroxylation is 1. The van der Waals surface area contributed by atoms with Gasteiger partial charge in [0.15, 0.2) is 0 Å². The fraction of sp³-hybridized carbons (Fsp3) is 0.267. The van der Waals surface area contributed by atoms with Gasteiger partial charge in [-0.3, -0.25) is 4.98 Å². The van der Waals surface area contributed by atoms with Crippen LogP contribution in [-0.4, -0.2) is 4.98 Å². The highest BCUT2D eigenvalue weighted by atomic mass is 19.1. The molecule has 0 saturated heterocycles. The van der Waals surface area contributed by atoms with E-state index in [0.29, 0.717) is 0 Å². The van der Waals surface area contributed by atoms with Gasteiger partial charge in [-0.1, -0.05) is 24.3 Å². The Morgan fingerprint density at radius 1 is 1.22 bits per heavy atom. The summed E-state index contributed by atoms with van der Waals surface area (Å²) in [6.45, 7) is 4.91. The average Bonchev–Trinajstić information content (AvgIpc) is 2.38. The van der Waals surface area contributed by atoms with Crippen LogP contribution in [0.1, 0.15) is 29.8 Å². The molecule has 1 aromatic heterocycles. The molecule has 0 amide bonds. The molecule has 1 unspecified atom stereocenters. The first-order valence-corrected chi connectivity index (χ1v) is 6.06. The van der Waals surface area contributed by atoms with Gasteiger partial charge in [-0.25, -0.2) is 4.39 Å². The lowest BCUT2D eigenvalue weighted by Crippen LogP contribution is -2.19. The van der Waals surface area contributed by atoms with E-state index in [4.69, 9.17) is 0 Å². The molecule has 0 aliphatic carbocycles. The van der Waals surface area contributed by atoms with Crippen LogP contribution in [0.2, 0.25) is 0 Å². The molecule has 2 rings (SSSR count). The maximum atomic E-state index is 12.8. The Labute approximate surface area is 107 Å². The number of halogens is 1. The molecule has 18 heavy (non-hydrogen) atoms. The highest BCUT2D eigenvalue weighted by molar-refractivity contribution is 5.25. The standard InChI is InChI=1S/C15H17FN2/c1-11-5-3-4-6-13(11)9-17-12(2)15-8-7-14(16)10-18-15/h3-8,10,12,17H,9H2,1-2H3. The third-order valence-corrected chi connectivity index (χ3v) is 3.05. The van der Waals surface area contributed by atoms with Crippen molar-refractivity contribution < 1.29 is 4.39 Å². The van der Waals surface area contributed by atoms with E-state index >= 15 is 0 Å². The zero-order valence-corrected chi connectivity index (χ0v) is 10.7. The van der Waals surface area contributed by atoms with Gasteiger partial charge < -0.3 is 5.32 Å². The van der Waals surface area contributed by atoms with Gasteiger partial charge >= 0.3 is 0 Å². The van der Waals surface area contributed by atoms with E-state index in [0.717, 1.165) is 12.2 Å². The molecule has 2 nitrogen and oxygen atoms in total. The molecule has 0 fully saturated rings. The molecule has 3 heteroatoms. The Kier molecular flexibility index (Phi) is 4.05. The van der Waals surface area contributed by atoms with Gasteiger partial charge in [0, 0.05) is 12.6 Å². The Morgan fingerprint density at radius 3 is 2.67 bits per heavy atom. The molecule has 0 spiro atoms. The molecule has 1 N–H and O–H groups in total. The lowest BCUT2D eigenvalue weighted by molar-refractivity contribution is 0.553. The lowest BCUT2D eigenvalue weighted by atomic mass is 10.1. The van der Waals surface area contributed by atoms with E-state index in [9.17, 15) is 4.39 Å². The molecule has 0 saturated carbocycles. The molecule has 94 valence electrons. The maximum absolute atomic E-state index is 12.8. The minimum Gasteiger partial charge on any atom is -0.305 e. The fourth-order valence-corrected chi connectivity index (χ4v) is 1.82. The van der Waals surface area contributed by atoms with Crippen LogP contribution in [-0.2, 0) is 6.54 Å². The van der Waals surface area contributed by atoms with Crippen molar-refractivity contribution in [3.05, 3.63) is 65.2 Å². The summed E-state index contributed by atoms with van der Waals surface area (Å²) < 4.78 is 12.8. The highest BCUT2D eigenvalue weighted by Gasteiger charge is 2.07. The largest absolute Gasteiger partial charge is 0.305 e. The van der Waals surface area contributed by atoms with Gasteiger partial charge in [-0.15, -0.1) is 0 Å². The molecule has 0 aliphatic rings. The van der Waals surface area contributed by atoms with Gasteiger partial charge in [0.1, 0.15) is 5.82 Å². The zero-order chi connectivity index (χ0) is 13.0. The summed E-state index contributed by atoms with van der Waals surface area (Å²) >= 11 is 0. The highest BCUT2D eigenvalue weighted by Crippen LogP contribution is 2.12. The summed E-state index contributed by atoms with van der Waals surface area (Å²) in [5.41, 5.74) is 3.39. The van der Waals surface area contributed by atoms with Gasteiger partial charge in [0.2, 0.25) is 0 Å². The summed E-state index contributed by atoms with van der Waals surface area (Å²) in [6.07, 6.45) is 1.25. The van der Waals surface area contributed by atoms with Crippen molar-refractivity contribution in [3.63, 3.8) is 0 Å². The predicted molar refractivity (Wildman–Crippen MR) is 70.6 cm³/mol. The Bertz CT molecular complexity index is 508. The van der Waals surface area contributed by atoms with Crippen LogP contribution in [0.5, 0.6) is 0 Å². The molecule has 0 radical (unpaired) electrons. The molecule has 0 aliphatic heterocycles. The van der Waals surface area contributed by atoms with Crippen molar-refractivity contribution in [1.82, 2.24) is 10.3 Å². The second-order valence-corrected chi connectivity index (χ2v) is 4.43. The van der Waals surface area contributed by atoms with Crippen molar-refractivity contribution in [3.8, 4) is 0 Å². The number of rotatable bonds is 4. The molecule has 1 heterocycles. The first kappa shape index (κ1) is 12.7. The number of nitrogens with zero attached hydrogens (tertiary/aromatic N) is 1. The van der Waals surface area contributed by atoms with E-state index in [1.54, 1.807) is 6.07 Å². The van der Waals surface area contributed by atoms with Crippen LogP contribution in [0.15, 0.2) is 42.6 Å². The Hall–Kier alpha value is -1.74. The average molecular weight is 244 g/mol. The van der Waals surface area contributed by atoms with Crippen molar-refractivity contribution in [2.24, 2.45) is 0 Å². The monoisotopic (exact) mass is 244 g/mol. The summed E-state index contributed by atoms with van der Waals surface area (Å²) in [4.78, 5) is 4.08. The molecule has 2 aromatic rings. The van der Waals surface area contributed by atoms with Crippen molar-refractivity contribution in [2.75, 3.05) is 0 Å². The molecular weight excluding hydrogens is 227 g/mol. The van der Waals surface area contributed by atoms with Crippen LogP contribution in [0.4, 0.5) is 4.39 Å². The van der Waals surface area contributed by atoms with Crippen LogP contribution < -0.4 is 5.32 Å². The lowest BCUT2D eigenvalue weighted by Gasteiger charge is -2.14. The van der Waals surface area contributed by atoms with E-state index in [1.165, 1.54) is 23.4 Å². The minimum absolute atomic E-state index is 0.102. The van der Waals surface area contributed by atoms with Gasteiger partial charge in [-0.05, 0) is 37.1 Å². The summed E-state index contributed by atoms with van der Waals surface area (Å²) in [7, 11) is 0. The van der Waals surface area contributed by atoms with E-state index in [1.807, 2.05) is 19.1 Å². The van der Waals surface area contributed by atoms with Crippen molar-refractivity contribution >= 4 is 0 Å². The second-order valence-electron chi connectivity index (χ2n) is 4.43. The number of aromatic nitrogens is 1. The Morgan fingerprint density at radius 2 is 2.00 bits per heavy atom. The number of nitrogens with one attached hydrogen (secondary N) is 1. The maximum Gasteiger partial charge on any atom is 0.141 e. The summed E-state index contributed by atoms with van der Waals surface area (Å²) in [5.74, 6) is -0.301. The predicted octanol–water partition coefficient (Wildman–Crippen LogP) is 3.38. The number of hydrogen-bond donors (Lipinski definition) is 1. The fourth-order valence-electron chi connectivity index (χ4n) is 1.82. The second kappa shape index (κ2) is 5.74. The van der Waals surface area contributed by atoms with Crippen molar-refractivity contribution in [2.45, 2.75) is 26.4 Å². The van der Waals surface area contributed by atoms with Crippen LogP contribution in [0.25, 0.3) is 0 Å². The van der Waals surface area contributed by atoms with E-state index < -0.39 is 0 Å². The molecule has 1 aromatic carbocycles. The SMILES string of the molecule is Cc1ccccc1CNC(C)c1ccc(F)cn1. The number of pyridine rings is 1. The minimum atomic E-state index is -0.301. The first-order chi connectivity index (χ1) is 8.66. The van der Waals surface area contributed by atoms with Gasteiger partial charge in [0.05, 0.1) is 11.9 Å². The van der Waals surface area contributed by atoms with Crippen LogP contribution in [0, 0.1) is 12.7 Å². The van der Waals surface area contributed by atoms with E-state index in [-0.39, 0.29) is 11.9 Å². The smallest absolute Gasteiger partial charge is 0.141 e. The number of hydrogen-bond acceptors (Lipinski definition) is 2. The topological polar surface area (TPSA) is 24.9 Å². The van der Waals surface area contributed by atoms with Gasteiger partial charge in [0.25, 0.3) is 0 Å². The third kappa shape index (κ3) is 3.14. The molecule has 1 atom stereocenters. The normalized spacial score (nSPS) is 12.4. The Balaban J connectivity index is 1.98. The van der Waals surface area contributed by atoms with Gasteiger partial charge in [-0.2, -0.15) is 0 Å². The quantitative estimate of drug-likeness (QED) is 0.891. The van der Waals surface area contributed by atoms with E-state index in [2.05, 4.69) is 29.4 Å². The summed E-state index contributed by atoms with van der Waals surface area (Å²) in [5, 5.41) is 3.39. The van der Waals surface area contributed by atoms with Crippen molar-refractivity contribution in [1.29, 1.82) is 0 Å². The first-order valence-electron chi connectivity index (χ1n) is 6.06. The number of benzene rings is 1.